The van der Waals surface area contributed by atoms with Crippen LogP contribution in [0.5, 0.6) is 0 Å². The Kier molecular flexibility index (Phi) is 9.65. The molecule has 0 spiro atoms. The van der Waals surface area contributed by atoms with Gasteiger partial charge in [0.25, 0.3) is 0 Å². The van der Waals surface area contributed by atoms with E-state index in [0.717, 1.165) is 44.4 Å². The van der Waals surface area contributed by atoms with Crippen molar-refractivity contribution in [2.75, 3.05) is 44.7 Å². The molecule has 2 N–H and O–H groups in total. The predicted molar refractivity (Wildman–Crippen MR) is 129 cm³/mol. The van der Waals surface area contributed by atoms with Crippen LogP contribution in [0, 0.1) is 5.92 Å². The lowest BCUT2D eigenvalue weighted by Crippen LogP contribution is -2.52. The average Bonchev–Trinajstić information content (AvgIpc) is 3.20. The van der Waals surface area contributed by atoms with Crippen molar-refractivity contribution in [3.05, 3.63) is 17.5 Å². The van der Waals surface area contributed by atoms with Gasteiger partial charge in [-0.2, -0.15) is 0 Å². The van der Waals surface area contributed by atoms with Gasteiger partial charge in [-0.15, -0.1) is 35.3 Å². The Morgan fingerprint density at radius 2 is 2.07 bits per heavy atom. The van der Waals surface area contributed by atoms with Crippen molar-refractivity contribution >= 4 is 46.3 Å². The molecule has 2 saturated heterocycles. The Bertz CT molecular complexity index is 557. The SMILES string of the molecule is CN=C(NCC(C)N1CCCC(C)C1)NC1CCN(c2cccs2)CC1.I. The molecule has 0 amide bonds. The summed E-state index contributed by atoms with van der Waals surface area (Å²) in [5.41, 5.74) is 0. The first-order valence-electron chi connectivity index (χ1n) is 10.2. The predicted octanol–water partition coefficient (Wildman–Crippen LogP) is 3.62. The van der Waals surface area contributed by atoms with Gasteiger partial charge in [-0.3, -0.25) is 9.89 Å². The second-order valence-electron chi connectivity index (χ2n) is 7.90. The van der Waals surface area contributed by atoms with Gasteiger partial charge in [-0.1, -0.05) is 6.92 Å². The molecule has 3 rings (SSSR count). The largest absolute Gasteiger partial charge is 0.363 e. The first-order valence-corrected chi connectivity index (χ1v) is 11.0. The number of likely N-dealkylation sites (tertiary alicyclic amines) is 1. The lowest BCUT2D eigenvalue weighted by Gasteiger charge is -2.36. The van der Waals surface area contributed by atoms with Crippen LogP contribution in [0.1, 0.15) is 39.5 Å². The van der Waals surface area contributed by atoms with E-state index in [1.807, 2.05) is 18.4 Å². The first-order chi connectivity index (χ1) is 12.7. The van der Waals surface area contributed by atoms with Gasteiger partial charge in [0.15, 0.2) is 5.96 Å². The number of guanidine groups is 1. The monoisotopic (exact) mass is 505 g/mol. The van der Waals surface area contributed by atoms with E-state index in [4.69, 9.17) is 0 Å². The van der Waals surface area contributed by atoms with Crippen LogP contribution in [-0.4, -0.2) is 62.7 Å². The normalized spacial score (nSPS) is 23.6. The van der Waals surface area contributed by atoms with Crippen LogP contribution in [0.4, 0.5) is 5.00 Å². The Morgan fingerprint density at radius 3 is 2.70 bits per heavy atom. The molecule has 2 aliphatic heterocycles. The minimum absolute atomic E-state index is 0. The van der Waals surface area contributed by atoms with Crippen LogP contribution in [0.3, 0.4) is 0 Å². The quantitative estimate of drug-likeness (QED) is 0.365. The van der Waals surface area contributed by atoms with Gasteiger partial charge in [0, 0.05) is 45.3 Å². The van der Waals surface area contributed by atoms with E-state index in [2.05, 4.69) is 56.8 Å². The summed E-state index contributed by atoms with van der Waals surface area (Å²) in [5.74, 6) is 1.79. The summed E-state index contributed by atoms with van der Waals surface area (Å²) in [7, 11) is 1.88. The zero-order valence-electron chi connectivity index (χ0n) is 17.0. The molecule has 0 saturated carbocycles. The van der Waals surface area contributed by atoms with E-state index in [1.165, 1.54) is 30.9 Å². The van der Waals surface area contributed by atoms with Gasteiger partial charge < -0.3 is 15.5 Å². The highest BCUT2D eigenvalue weighted by Crippen LogP contribution is 2.24. The highest BCUT2D eigenvalue weighted by molar-refractivity contribution is 14.0. The second kappa shape index (κ2) is 11.5. The number of thiophene rings is 1. The van der Waals surface area contributed by atoms with Crippen molar-refractivity contribution in [2.45, 2.75) is 51.6 Å². The molecule has 0 bridgehead atoms. The number of hydrogen-bond donors (Lipinski definition) is 2. The van der Waals surface area contributed by atoms with Crippen molar-refractivity contribution in [1.82, 2.24) is 15.5 Å². The first kappa shape index (κ1) is 22.7. The summed E-state index contributed by atoms with van der Waals surface area (Å²) in [6.07, 6.45) is 5.04. The fourth-order valence-corrected chi connectivity index (χ4v) is 4.87. The smallest absolute Gasteiger partial charge is 0.191 e. The molecule has 2 fully saturated rings. The molecule has 7 heteroatoms. The molecule has 1 aromatic rings. The summed E-state index contributed by atoms with van der Waals surface area (Å²) in [5, 5.41) is 10.7. The molecule has 2 aliphatic rings. The van der Waals surface area contributed by atoms with Crippen LogP contribution in [0.15, 0.2) is 22.5 Å². The van der Waals surface area contributed by atoms with Crippen molar-refractivity contribution in [3.63, 3.8) is 0 Å². The van der Waals surface area contributed by atoms with Gasteiger partial charge in [0.2, 0.25) is 0 Å². The van der Waals surface area contributed by atoms with E-state index >= 15 is 0 Å². The van der Waals surface area contributed by atoms with E-state index in [-0.39, 0.29) is 24.0 Å². The Morgan fingerprint density at radius 1 is 1.30 bits per heavy atom. The number of rotatable bonds is 5. The van der Waals surface area contributed by atoms with Crippen molar-refractivity contribution in [1.29, 1.82) is 0 Å². The Hall–Kier alpha value is -0.540. The molecule has 1 aromatic heterocycles. The molecule has 2 unspecified atom stereocenters. The Balaban J connectivity index is 0.00000261. The zero-order chi connectivity index (χ0) is 18.4. The lowest BCUT2D eigenvalue weighted by atomic mass is 9.99. The second-order valence-corrected chi connectivity index (χ2v) is 8.83. The highest BCUT2D eigenvalue weighted by Gasteiger charge is 2.23. The van der Waals surface area contributed by atoms with Crippen LogP contribution >= 0.6 is 35.3 Å². The summed E-state index contributed by atoms with van der Waals surface area (Å²) < 4.78 is 0. The van der Waals surface area contributed by atoms with Gasteiger partial charge in [-0.05, 0) is 62.6 Å². The third kappa shape index (κ3) is 6.78. The number of aliphatic imine (C=N–C) groups is 1. The minimum Gasteiger partial charge on any atom is -0.363 e. The van der Waals surface area contributed by atoms with Crippen LogP contribution in [-0.2, 0) is 0 Å². The minimum atomic E-state index is 0. The number of hydrogen-bond acceptors (Lipinski definition) is 4. The summed E-state index contributed by atoms with van der Waals surface area (Å²) >= 11 is 1.84. The molecule has 5 nitrogen and oxygen atoms in total. The maximum absolute atomic E-state index is 4.45. The van der Waals surface area contributed by atoms with Gasteiger partial charge in [-0.25, -0.2) is 0 Å². The molecular formula is C20H36IN5S. The van der Waals surface area contributed by atoms with Gasteiger partial charge >= 0.3 is 0 Å². The van der Waals surface area contributed by atoms with E-state index in [1.54, 1.807) is 0 Å². The van der Waals surface area contributed by atoms with Gasteiger partial charge in [0.1, 0.15) is 0 Å². The third-order valence-electron chi connectivity index (χ3n) is 5.75. The van der Waals surface area contributed by atoms with Crippen LogP contribution in [0.25, 0.3) is 0 Å². The average molecular weight is 506 g/mol. The molecule has 3 heterocycles. The number of halogens is 1. The standard InChI is InChI=1S/C20H35N5S.HI/c1-16-6-4-10-25(15-16)17(2)14-22-20(21-3)23-18-8-11-24(12-9-18)19-7-5-13-26-19;/h5,7,13,16-18H,4,6,8-12,14-15H2,1-3H3,(H2,21,22,23);1H. The van der Waals surface area contributed by atoms with Crippen molar-refractivity contribution in [2.24, 2.45) is 10.9 Å². The molecule has 0 radical (unpaired) electrons. The van der Waals surface area contributed by atoms with E-state index in [0.29, 0.717) is 12.1 Å². The number of piperidine rings is 2. The summed E-state index contributed by atoms with van der Waals surface area (Å²) in [6.45, 7) is 10.4. The highest BCUT2D eigenvalue weighted by atomic mass is 127. The van der Waals surface area contributed by atoms with E-state index < -0.39 is 0 Å². The molecule has 27 heavy (non-hydrogen) atoms. The van der Waals surface area contributed by atoms with Crippen molar-refractivity contribution in [3.8, 4) is 0 Å². The lowest BCUT2D eigenvalue weighted by molar-refractivity contribution is 0.139. The maximum atomic E-state index is 4.45. The number of anilines is 1. The van der Waals surface area contributed by atoms with Crippen LogP contribution < -0.4 is 15.5 Å². The molecular weight excluding hydrogens is 469 g/mol. The zero-order valence-corrected chi connectivity index (χ0v) is 20.1. The fraction of sp³-hybridized carbons (Fsp3) is 0.750. The molecule has 154 valence electrons. The maximum Gasteiger partial charge on any atom is 0.191 e. The molecule has 0 aromatic carbocycles. The molecule has 0 aliphatic carbocycles. The third-order valence-corrected chi connectivity index (χ3v) is 6.68. The van der Waals surface area contributed by atoms with Crippen molar-refractivity contribution < 1.29 is 0 Å². The fourth-order valence-electron chi connectivity index (χ4n) is 4.08. The Labute approximate surface area is 186 Å². The number of nitrogens with one attached hydrogen (secondary N) is 2. The summed E-state index contributed by atoms with van der Waals surface area (Å²) in [6, 6.07) is 5.43. The van der Waals surface area contributed by atoms with Crippen LogP contribution in [0.2, 0.25) is 0 Å². The van der Waals surface area contributed by atoms with Gasteiger partial charge in [0.05, 0.1) is 5.00 Å². The number of nitrogens with zero attached hydrogens (tertiary/aromatic N) is 3. The topological polar surface area (TPSA) is 42.9 Å². The summed E-state index contributed by atoms with van der Waals surface area (Å²) in [4.78, 5) is 9.57. The molecule has 2 atom stereocenters. The van der Waals surface area contributed by atoms with E-state index in [9.17, 15) is 0 Å².